The van der Waals surface area contributed by atoms with E-state index in [1.165, 1.54) is 11.8 Å². The number of nitriles is 1. The van der Waals surface area contributed by atoms with Crippen molar-refractivity contribution in [1.29, 1.82) is 5.26 Å². The Morgan fingerprint density at radius 3 is 2.57 bits per heavy atom. The average Bonchev–Trinajstić information content (AvgIpc) is 1.68. The maximum absolute atomic E-state index is 8.04. The molecular weight excluding hydrogens is 106 g/mol. The fourth-order valence-corrected chi connectivity index (χ4v) is 0.393. The standard InChI is InChI=1S/C5H7NS/c1-3-5(2)7-4-6/h3H,1-2H3. The van der Waals surface area contributed by atoms with Crippen molar-refractivity contribution < 1.29 is 0 Å². The Bertz CT molecular complexity index is 110. The Morgan fingerprint density at radius 1 is 1.86 bits per heavy atom. The molecule has 0 bridgehead atoms. The topological polar surface area (TPSA) is 23.8 Å². The molecule has 0 radical (unpaired) electrons. The smallest absolute Gasteiger partial charge is 0.138 e. The summed E-state index contributed by atoms with van der Waals surface area (Å²) in [7, 11) is 0. The summed E-state index contributed by atoms with van der Waals surface area (Å²) in [6.45, 7) is 3.83. The molecule has 0 heterocycles. The Hall–Kier alpha value is -0.420. The first-order valence-electron chi connectivity index (χ1n) is 2.00. The molecule has 38 valence electrons. The summed E-state index contributed by atoms with van der Waals surface area (Å²) in [5, 5.41) is 10.0. The molecule has 0 rings (SSSR count). The third kappa shape index (κ3) is 3.41. The molecular formula is C5H7NS. The highest BCUT2D eigenvalue weighted by Gasteiger charge is 1.80. The van der Waals surface area contributed by atoms with Gasteiger partial charge in [0.25, 0.3) is 0 Å². The van der Waals surface area contributed by atoms with Gasteiger partial charge < -0.3 is 0 Å². The molecule has 0 aliphatic carbocycles. The van der Waals surface area contributed by atoms with E-state index in [-0.39, 0.29) is 0 Å². The zero-order chi connectivity index (χ0) is 5.70. The van der Waals surface area contributed by atoms with E-state index in [1.807, 2.05) is 25.3 Å². The average molecular weight is 113 g/mol. The number of rotatable bonds is 1. The summed E-state index contributed by atoms with van der Waals surface area (Å²) in [4.78, 5) is 1.06. The number of allylic oxidation sites excluding steroid dienone is 2. The lowest BCUT2D eigenvalue weighted by molar-refractivity contribution is 1.56. The van der Waals surface area contributed by atoms with Gasteiger partial charge in [-0.3, -0.25) is 0 Å². The summed E-state index contributed by atoms with van der Waals surface area (Å²) in [5.41, 5.74) is 0. The van der Waals surface area contributed by atoms with Crippen LogP contribution in [0.1, 0.15) is 13.8 Å². The van der Waals surface area contributed by atoms with Crippen LogP contribution < -0.4 is 0 Å². The number of thiocyanates is 1. The first-order valence-corrected chi connectivity index (χ1v) is 2.81. The van der Waals surface area contributed by atoms with E-state index in [0.29, 0.717) is 0 Å². The van der Waals surface area contributed by atoms with Gasteiger partial charge in [-0.05, 0) is 30.5 Å². The maximum atomic E-state index is 8.04. The van der Waals surface area contributed by atoms with Gasteiger partial charge in [0.15, 0.2) is 0 Å². The second-order valence-corrected chi connectivity index (χ2v) is 2.12. The highest BCUT2D eigenvalue weighted by atomic mass is 32.2. The van der Waals surface area contributed by atoms with E-state index >= 15 is 0 Å². The lowest BCUT2D eigenvalue weighted by Crippen LogP contribution is -1.56. The second kappa shape index (κ2) is 3.76. The van der Waals surface area contributed by atoms with Crippen LogP contribution in [0.4, 0.5) is 0 Å². The van der Waals surface area contributed by atoms with Crippen LogP contribution in [0, 0.1) is 10.7 Å². The van der Waals surface area contributed by atoms with Crippen molar-refractivity contribution in [1.82, 2.24) is 0 Å². The predicted octanol–water partition coefficient (Wildman–Crippen LogP) is 2.12. The molecule has 1 nitrogen and oxygen atoms in total. The fraction of sp³-hybridized carbons (Fsp3) is 0.400. The molecule has 0 unspecified atom stereocenters. The van der Waals surface area contributed by atoms with Gasteiger partial charge in [0.1, 0.15) is 5.40 Å². The van der Waals surface area contributed by atoms with Gasteiger partial charge in [-0.15, -0.1) is 0 Å². The molecule has 0 saturated heterocycles. The van der Waals surface area contributed by atoms with Gasteiger partial charge >= 0.3 is 0 Å². The number of hydrogen-bond acceptors (Lipinski definition) is 2. The van der Waals surface area contributed by atoms with Crippen LogP contribution in [-0.4, -0.2) is 0 Å². The molecule has 0 amide bonds. The minimum absolute atomic E-state index is 1.06. The molecule has 0 N–H and O–H groups in total. The fourth-order valence-electron chi connectivity index (χ4n) is 0.131. The number of thioether (sulfide) groups is 1. The Labute approximate surface area is 48.0 Å². The monoisotopic (exact) mass is 113 g/mol. The molecule has 0 aromatic carbocycles. The molecule has 2 heteroatoms. The highest BCUT2D eigenvalue weighted by Crippen LogP contribution is 2.10. The normalized spacial score (nSPS) is 10.7. The van der Waals surface area contributed by atoms with Gasteiger partial charge in [-0.2, -0.15) is 5.26 Å². The van der Waals surface area contributed by atoms with Crippen molar-refractivity contribution in [2.45, 2.75) is 13.8 Å². The van der Waals surface area contributed by atoms with Crippen LogP contribution in [0.3, 0.4) is 0 Å². The largest absolute Gasteiger partial charge is 0.185 e. The molecule has 0 spiro atoms. The van der Waals surface area contributed by atoms with E-state index in [1.54, 1.807) is 0 Å². The Balaban J connectivity index is 3.43. The zero-order valence-electron chi connectivity index (χ0n) is 4.43. The quantitative estimate of drug-likeness (QED) is 0.486. The molecule has 7 heavy (non-hydrogen) atoms. The van der Waals surface area contributed by atoms with E-state index in [2.05, 4.69) is 0 Å². The van der Waals surface area contributed by atoms with Gasteiger partial charge in [-0.1, -0.05) is 6.08 Å². The molecule has 0 aromatic heterocycles. The molecule has 0 fully saturated rings. The third-order valence-corrected chi connectivity index (χ3v) is 1.26. The van der Waals surface area contributed by atoms with Gasteiger partial charge in [0.05, 0.1) is 0 Å². The maximum Gasteiger partial charge on any atom is 0.138 e. The van der Waals surface area contributed by atoms with Crippen molar-refractivity contribution >= 4 is 11.8 Å². The van der Waals surface area contributed by atoms with Crippen molar-refractivity contribution in [3.8, 4) is 5.40 Å². The minimum atomic E-state index is 1.06. The van der Waals surface area contributed by atoms with Crippen molar-refractivity contribution in [3.05, 3.63) is 11.0 Å². The molecule has 0 atom stereocenters. The van der Waals surface area contributed by atoms with Crippen LogP contribution >= 0.6 is 11.8 Å². The Morgan fingerprint density at radius 2 is 2.43 bits per heavy atom. The predicted molar refractivity (Wildman–Crippen MR) is 32.6 cm³/mol. The summed E-state index contributed by atoms with van der Waals surface area (Å²) < 4.78 is 0. The Kier molecular flexibility index (Phi) is 3.53. The molecule has 0 aliphatic heterocycles. The summed E-state index contributed by atoms with van der Waals surface area (Å²) in [6, 6.07) is 0. The van der Waals surface area contributed by atoms with Gasteiger partial charge in [-0.25, -0.2) is 0 Å². The van der Waals surface area contributed by atoms with Crippen molar-refractivity contribution in [2.75, 3.05) is 0 Å². The molecule has 0 aromatic rings. The van der Waals surface area contributed by atoms with Crippen molar-refractivity contribution in [2.24, 2.45) is 0 Å². The first-order chi connectivity index (χ1) is 3.31. The van der Waals surface area contributed by atoms with Crippen LogP contribution in [0.25, 0.3) is 0 Å². The van der Waals surface area contributed by atoms with E-state index in [4.69, 9.17) is 5.26 Å². The molecule has 0 aliphatic rings. The summed E-state index contributed by atoms with van der Waals surface area (Å²) in [6.07, 6.45) is 1.91. The zero-order valence-corrected chi connectivity index (χ0v) is 5.25. The molecule has 0 saturated carbocycles. The summed E-state index contributed by atoms with van der Waals surface area (Å²) >= 11 is 1.20. The van der Waals surface area contributed by atoms with Gasteiger partial charge in [0, 0.05) is 0 Å². The number of nitrogens with zero attached hydrogens (tertiary/aromatic N) is 1. The van der Waals surface area contributed by atoms with E-state index in [0.717, 1.165) is 4.91 Å². The SMILES string of the molecule is CC=C(C)SC#N. The number of hydrogen-bond donors (Lipinski definition) is 0. The summed E-state index contributed by atoms with van der Waals surface area (Å²) in [5.74, 6) is 0. The van der Waals surface area contributed by atoms with Crippen LogP contribution in [0.5, 0.6) is 0 Å². The lowest BCUT2D eigenvalue weighted by Gasteiger charge is -1.81. The second-order valence-electron chi connectivity index (χ2n) is 1.09. The first kappa shape index (κ1) is 6.58. The highest BCUT2D eigenvalue weighted by molar-refractivity contribution is 8.07. The van der Waals surface area contributed by atoms with Crippen LogP contribution in [-0.2, 0) is 0 Å². The minimum Gasteiger partial charge on any atom is -0.185 e. The van der Waals surface area contributed by atoms with Crippen molar-refractivity contribution in [3.63, 3.8) is 0 Å². The van der Waals surface area contributed by atoms with Gasteiger partial charge in [0.2, 0.25) is 0 Å². The van der Waals surface area contributed by atoms with E-state index in [9.17, 15) is 0 Å². The van der Waals surface area contributed by atoms with Crippen LogP contribution in [0.15, 0.2) is 11.0 Å². The van der Waals surface area contributed by atoms with Crippen LogP contribution in [0.2, 0.25) is 0 Å². The third-order valence-electron chi connectivity index (χ3n) is 0.613. The lowest BCUT2D eigenvalue weighted by atomic mass is 10.6. The van der Waals surface area contributed by atoms with E-state index < -0.39 is 0 Å².